The van der Waals surface area contributed by atoms with E-state index in [1.165, 1.54) is 64.2 Å². The number of fused-ring (bicyclic) bond motifs is 7. The Kier molecular flexibility index (Phi) is 12.9. The molecule has 0 aromatic rings. The number of Topliss-reactive ketones (excluding diaryl/α,β-unsaturated/α-hetero) is 1. The third kappa shape index (κ3) is 7.23. The van der Waals surface area contributed by atoms with Crippen LogP contribution in [0.3, 0.4) is 0 Å². The van der Waals surface area contributed by atoms with Gasteiger partial charge in [-0.2, -0.15) is 0 Å². The molecule has 0 bridgehead atoms. The Bertz CT molecular complexity index is 1200. The maximum atomic E-state index is 17.7. The molecule has 1 saturated heterocycles. The van der Waals surface area contributed by atoms with Crippen molar-refractivity contribution in [2.45, 2.75) is 199 Å². The van der Waals surface area contributed by atoms with Crippen molar-refractivity contribution in [1.29, 1.82) is 0 Å². The molecule has 5 rings (SSSR count). The number of carbonyl (C=O) groups is 3. The van der Waals surface area contributed by atoms with E-state index in [1.807, 2.05) is 20.8 Å². The van der Waals surface area contributed by atoms with E-state index >= 15 is 4.39 Å². The highest BCUT2D eigenvalue weighted by Gasteiger charge is 2.79. The zero-order valence-corrected chi connectivity index (χ0v) is 31.0. The van der Waals surface area contributed by atoms with E-state index in [0.717, 1.165) is 31.3 Å². The molecule has 3 saturated carbocycles. The van der Waals surface area contributed by atoms with Crippen LogP contribution < -0.4 is 0 Å². The molecule has 1 unspecified atom stereocenters. The van der Waals surface area contributed by atoms with E-state index in [1.54, 1.807) is 6.08 Å². The third-order valence-electron chi connectivity index (χ3n) is 13.6. The van der Waals surface area contributed by atoms with Gasteiger partial charge in [0.1, 0.15) is 5.67 Å². The number of rotatable bonds is 19. The predicted molar refractivity (Wildman–Crippen MR) is 187 cm³/mol. The van der Waals surface area contributed by atoms with E-state index < -0.39 is 53.1 Å². The number of aliphatic hydroxyl groups excluding tert-OH is 1. The molecule has 4 fully saturated rings. The highest BCUT2D eigenvalue weighted by atomic mass is 19.1. The lowest BCUT2D eigenvalue weighted by atomic mass is 9.44. The van der Waals surface area contributed by atoms with Gasteiger partial charge in [-0.3, -0.25) is 14.4 Å². The fraction of sp³-hybridized carbons (Fsp3) is 0.878. The number of unbranched alkanes of at least 4 members (excludes halogenated alkanes) is 12. The van der Waals surface area contributed by atoms with Crippen molar-refractivity contribution in [2.75, 3.05) is 6.61 Å². The van der Waals surface area contributed by atoms with Gasteiger partial charge in [-0.25, -0.2) is 4.39 Å². The van der Waals surface area contributed by atoms with Crippen molar-refractivity contribution in [3.05, 3.63) is 11.6 Å². The summed E-state index contributed by atoms with van der Waals surface area (Å²) in [6.07, 6.45) is 18.9. The Morgan fingerprint density at radius 1 is 0.918 bits per heavy atom. The largest absolute Gasteiger partial charge is 0.458 e. The monoisotopic (exact) mass is 688 g/mol. The standard InChI is InChI=1S/C41H65FO7/c1-5-7-8-9-10-11-12-13-14-15-16-17-18-20-36(46)47-28-34(45)41-35(48-37(49-41)19-6-2)26-32-31-22-21-29-25-30(43)23-24-38(29,3)40(31,42)33(44)27-39(32,41)4/h25,31-33,35,37,44H,5-24,26-28H2,1-4H3/t31-,32-,33-,35+,37?,38-,39-,40-,41+/m0/s1. The van der Waals surface area contributed by atoms with Crippen LogP contribution in [-0.4, -0.2) is 59.0 Å². The molecule has 0 spiro atoms. The van der Waals surface area contributed by atoms with Crippen molar-refractivity contribution < 1.29 is 38.1 Å². The molecule has 0 aromatic heterocycles. The highest BCUT2D eigenvalue weighted by Crippen LogP contribution is 2.72. The molecule has 0 radical (unpaired) electrons. The second-order valence-electron chi connectivity index (χ2n) is 16.6. The maximum Gasteiger partial charge on any atom is 0.306 e. The first-order valence-corrected chi connectivity index (χ1v) is 20.1. The number of aliphatic hydroxyl groups is 1. The first-order chi connectivity index (χ1) is 23.5. The summed E-state index contributed by atoms with van der Waals surface area (Å²) < 4.78 is 36.3. The van der Waals surface area contributed by atoms with E-state index in [2.05, 4.69) is 6.92 Å². The van der Waals surface area contributed by atoms with Gasteiger partial charge in [0.05, 0.1) is 12.2 Å². The molecule has 9 atom stereocenters. The van der Waals surface area contributed by atoms with Crippen LogP contribution in [0.15, 0.2) is 11.6 Å². The number of alkyl halides is 1. The molecule has 0 aromatic carbocycles. The average molecular weight is 689 g/mol. The Morgan fingerprint density at radius 2 is 1.55 bits per heavy atom. The van der Waals surface area contributed by atoms with Crippen LogP contribution in [0, 0.1) is 22.7 Å². The number of carbonyl (C=O) groups excluding carboxylic acids is 3. The quantitative estimate of drug-likeness (QED) is 0.107. The summed E-state index contributed by atoms with van der Waals surface area (Å²) in [5.74, 6) is -1.48. The van der Waals surface area contributed by atoms with E-state index in [0.29, 0.717) is 32.1 Å². The predicted octanol–water partition coefficient (Wildman–Crippen LogP) is 9.07. The van der Waals surface area contributed by atoms with Gasteiger partial charge in [0.15, 0.2) is 24.3 Å². The van der Waals surface area contributed by atoms with Crippen molar-refractivity contribution in [2.24, 2.45) is 22.7 Å². The molecule has 278 valence electrons. The SMILES string of the molecule is CCCCCCCCCCCCCCCC(=O)OCC(=O)[C@@]12OC(CCC)O[C@@H]1C[C@H]1[C@@H]3CCC4=CC(=O)CC[C@]4(C)[C@@]3(F)[C@@H](O)C[C@@]12C. The normalized spacial score (nSPS) is 38.0. The topological polar surface area (TPSA) is 99.1 Å². The number of ketones is 2. The van der Waals surface area contributed by atoms with Crippen molar-refractivity contribution >= 4 is 17.5 Å². The van der Waals surface area contributed by atoms with Crippen molar-refractivity contribution in [1.82, 2.24) is 0 Å². The molecule has 5 aliphatic rings. The Hall–Kier alpha value is -1.64. The smallest absolute Gasteiger partial charge is 0.306 e. The molecule has 1 heterocycles. The van der Waals surface area contributed by atoms with E-state index in [4.69, 9.17) is 14.2 Å². The maximum absolute atomic E-state index is 17.7. The molecule has 49 heavy (non-hydrogen) atoms. The molecule has 8 heteroatoms. The summed E-state index contributed by atoms with van der Waals surface area (Å²) in [5.41, 5.74) is -4.38. The van der Waals surface area contributed by atoms with Gasteiger partial charge in [0, 0.05) is 29.6 Å². The number of ether oxygens (including phenoxy) is 3. The van der Waals surface area contributed by atoms with E-state index in [9.17, 15) is 19.5 Å². The summed E-state index contributed by atoms with van der Waals surface area (Å²) in [5, 5.41) is 11.8. The summed E-state index contributed by atoms with van der Waals surface area (Å²) >= 11 is 0. The van der Waals surface area contributed by atoms with Crippen molar-refractivity contribution in [3.8, 4) is 0 Å². The number of hydrogen-bond donors (Lipinski definition) is 1. The number of allylic oxidation sites excluding steroid dienone is 1. The zero-order valence-electron chi connectivity index (χ0n) is 31.0. The number of hydrogen-bond acceptors (Lipinski definition) is 7. The van der Waals surface area contributed by atoms with Gasteiger partial charge in [-0.1, -0.05) is 117 Å². The molecule has 0 amide bonds. The number of esters is 1. The zero-order chi connectivity index (χ0) is 35.3. The first-order valence-electron chi connectivity index (χ1n) is 20.1. The minimum atomic E-state index is -1.92. The minimum Gasteiger partial charge on any atom is -0.458 e. The van der Waals surface area contributed by atoms with Gasteiger partial charge >= 0.3 is 5.97 Å². The van der Waals surface area contributed by atoms with Gasteiger partial charge in [-0.05, 0) is 56.9 Å². The lowest BCUT2D eigenvalue weighted by Crippen LogP contribution is -2.70. The average Bonchev–Trinajstić information content (AvgIpc) is 3.55. The molecule has 1 aliphatic heterocycles. The molecule has 7 nitrogen and oxygen atoms in total. The second-order valence-corrected chi connectivity index (χ2v) is 16.6. The molecular formula is C41H65FO7. The van der Waals surface area contributed by atoms with Crippen LogP contribution in [0.1, 0.15) is 169 Å². The molecule has 1 N–H and O–H groups in total. The van der Waals surface area contributed by atoms with E-state index in [-0.39, 0.29) is 42.7 Å². The van der Waals surface area contributed by atoms with Gasteiger partial charge in [-0.15, -0.1) is 0 Å². The third-order valence-corrected chi connectivity index (χ3v) is 13.6. The Morgan fingerprint density at radius 3 is 2.18 bits per heavy atom. The first kappa shape index (κ1) is 38.6. The lowest BCUT2D eigenvalue weighted by molar-refractivity contribution is -0.238. The fourth-order valence-corrected chi connectivity index (χ4v) is 10.9. The molecule has 4 aliphatic carbocycles. The lowest BCUT2D eigenvalue weighted by Gasteiger charge is -2.63. The van der Waals surface area contributed by atoms with Crippen LogP contribution >= 0.6 is 0 Å². The highest BCUT2D eigenvalue weighted by molar-refractivity contribution is 5.93. The summed E-state index contributed by atoms with van der Waals surface area (Å²) in [6, 6.07) is 0. The van der Waals surface area contributed by atoms with Crippen LogP contribution in [-0.2, 0) is 28.6 Å². The second kappa shape index (κ2) is 16.4. The Balaban J connectivity index is 1.16. The van der Waals surface area contributed by atoms with Gasteiger partial charge in [0.25, 0.3) is 0 Å². The Labute approximate surface area is 294 Å². The van der Waals surface area contributed by atoms with Gasteiger partial charge in [0.2, 0.25) is 5.78 Å². The van der Waals surface area contributed by atoms with Crippen LogP contribution in [0.4, 0.5) is 4.39 Å². The summed E-state index contributed by atoms with van der Waals surface area (Å²) in [4.78, 5) is 39.4. The number of halogens is 1. The molecular weight excluding hydrogens is 623 g/mol. The van der Waals surface area contributed by atoms with Crippen LogP contribution in [0.25, 0.3) is 0 Å². The summed E-state index contributed by atoms with van der Waals surface area (Å²) in [6.45, 7) is 7.71. The fourth-order valence-electron chi connectivity index (χ4n) is 10.9. The minimum absolute atomic E-state index is 0.0250. The van der Waals surface area contributed by atoms with Crippen molar-refractivity contribution in [3.63, 3.8) is 0 Å². The summed E-state index contributed by atoms with van der Waals surface area (Å²) in [7, 11) is 0. The van der Waals surface area contributed by atoms with Gasteiger partial charge < -0.3 is 19.3 Å². The van der Waals surface area contributed by atoms with Crippen LogP contribution in [0.5, 0.6) is 0 Å². The van der Waals surface area contributed by atoms with Crippen LogP contribution in [0.2, 0.25) is 0 Å².